The normalized spacial score (nSPS) is 7.57. The minimum Gasteiger partial charge on any atom is -0.451 e. The second-order valence-corrected chi connectivity index (χ2v) is 0.865. The maximum atomic E-state index is 9.95. The van der Waals surface area contributed by atoms with E-state index < -0.39 is 6.09 Å². The fourth-order valence-corrected chi connectivity index (χ4v) is 0.173. The maximum Gasteiger partial charge on any atom is 0.394 e. The minimum absolute atomic E-state index is 0.350. The Labute approximate surface area is 43.5 Å². The Morgan fingerprint density at radius 3 is 2.71 bits per heavy atom. The van der Waals surface area contributed by atoms with E-state index in [-0.39, 0.29) is 0 Å². The van der Waals surface area contributed by atoms with E-state index in [1.54, 1.807) is 12.2 Å². The van der Waals surface area contributed by atoms with Gasteiger partial charge in [-0.2, -0.15) is 0 Å². The molecule has 38 valence electrons. The Bertz CT molecular complexity index is 66.0. The first-order valence-electron chi connectivity index (χ1n) is 1.94. The molecule has 0 aromatic carbocycles. The summed E-state index contributed by atoms with van der Waals surface area (Å²) in [4.78, 5) is 9.95. The van der Waals surface area contributed by atoms with Crippen LogP contribution in [0.2, 0.25) is 0 Å². The van der Waals surface area contributed by atoms with Crippen LogP contribution in [0, 0.1) is 0 Å². The molecule has 0 spiro atoms. The fourth-order valence-electron chi connectivity index (χ4n) is 0.173. The maximum absolute atomic E-state index is 9.95. The summed E-state index contributed by atoms with van der Waals surface area (Å²) in [6.07, 6.45) is -0.595. The Morgan fingerprint density at radius 1 is 2.00 bits per heavy atom. The number of carbonyl (C=O) groups is 1. The Hall–Kier alpha value is -0.665. The molecule has 0 aromatic heterocycles. The number of rotatable bonds is 1. The number of carbonyl (C=O) groups excluding carboxylic acids is 1. The van der Waals surface area contributed by atoms with Crippen LogP contribution in [0.1, 0.15) is 6.92 Å². The van der Waals surface area contributed by atoms with Crippen molar-refractivity contribution in [2.75, 3.05) is 6.61 Å². The van der Waals surface area contributed by atoms with Crippen molar-refractivity contribution in [1.82, 2.24) is 5.23 Å². The predicted molar refractivity (Wildman–Crippen MR) is 25.9 cm³/mol. The molecule has 2 radical (unpaired) electrons. The van der Waals surface area contributed by atoms with Crippen LogP contribution in [0.15, 0.2) is 0 Å². The van der Waals surface area contributed by atoms with Crippen molar-refractivity contribution in [3.8, 4) is 0 Å². The summed E-state index contributed by atoms with van der Waals surface area (Å²) in [5.74, 6) is 0. The molecule has 0 aromatic rings. The number of hydrogen-bond acceptors (Lipinski definition) is 2. The van der Waals surface area contributed by atoms with E-state index in [0.717, 1.165) is 0 Å². The lowest BCUT2D eigenvalue weighted by Gasteiger charge is -1.96. The average Bonchev–Trinajstić information content (AvgIpc) is 1.68. The van der Waals surface area contributed by atoms with Gasteiger partial charge in [-0.1, -0.05) is 0 Å². The van der Waals surface area contributed by atoms with E-state index in [1.165, 1.54) is 0 Å². The molecule has 3 nitrogen and oxygen atoms in total. The molecule has 0 saturated carbocycles. The van der Waals surface area contributed by atoms with Crippen LogP contribution in [0.3, 0.4) is 0 Å². The molecule has 0 unspecified atom stereocenters. The van der Waals surface area contributed by atoms with Crippen molar-refractivity contribution in [3.05, 3.63) is 0 Å². The monoisotopic (exact) mass is 99.0 g/mol. The van der Waals surface area contributed by atoms with Gasteiger partial charge in [0.25, 0.3) is 0 Å². The molecule has 0 heterocycles. The lowest BCUT2D eigenvalue weighted by molar-refractivity contribution is 0.159. The van der Waals surface area contributed by atoms with Gasteiger partial charge < -0.3 is 9.96 Å². The molecule has 1 N–H and O–H groups in total. The summed E-state index contributed by atoms with van der Waals surface area (Å²) in [6.45, 7) is 2.05. The lowest BCUT2D eigenvalue weighted by Crippen LogP contribution is -2.20. The summed E-state index contributed by atoms with van der Waals surface area (Å²) >= 11 is 0. The van der Waals surface area contributed by atoms with Gasteiger partial charge >= 0.3 is 6.09 Å². The Balaban J connectivity index is 3.00. The molecule has 0 fully saturated rings. The predicted octanol–water partition coefficient (Wildman–Crippen LogP) is -0.184. The van der Waals surface area contributed by atoms with Crippen LogP contribution in [0.25, 0.3) is 0 Å². The molecular formula is C3H6BNO2. The van der Waals surface area contributed by atoms with Crippen LogP contribution in [0.4, 0.5) is 4.79 Å². The minimum atomic E-state index is -0.595. The van der Waals surface area contributed by atoms with Crippen LogP contribution >= 0.6 is 0 Å². The summed E-state index contributed by atoms with van der Waals surface area (Å²) in [6, 6.07) is 0. The Kier molecular flexibility index (Phi) is 3.19. The molecule has 0 bridgehead atoms. The molecule has 4 heteroatoms. The van der Waals surface area contributed by atoms with Crippen molar-refractivity contribution < 1.29 is 9.53 Å². The first-order chi connectivity index (χ1) is 3.31. The van der Waals surface area contributed by atoms with E-state index >= 15 is 0 Å². The van der Waals surface area contributed by atoms with E-state index in [0.29, 0.717) is 6.61 Å². The van der Waals surface area contributed by atoms with Crippen LogP contribution < -0.4 is 5.23 Å². The van der Waals surface area contributed by atoms with Crippen LogP contribution in [0.5, 0.6) is 0 Å². The number of ether oxygens (including phenoxy) is 1. The summed E-state index contributed by atoms with van der Waals surface area (Å²) in [5, 5.41) is 1.80. The zero-order chi connectivity index (χ0) is 5.70. The standard InChI is InChI=1S/C3H6BNO2/c1-2-7-3(6)5-4/h2H2,1H3,(H,5,6). The molecule has 0 rings (SSSR count). The highest BCUT2D eigenvalue weighted by Crippen LogP contribution is 1.70. The lowest BCUT2D eigenvalue weighted by atomic mass is 10.4. The molecule has 7 heavy (non-hydrogen) atoms. The summed E-state index contributed by atoms with van der Waals surface area (Å²) < 4.78 is 4.32. The van der Waals surface area contributed by atoms with Crippen LogP contribution in [-0.4, -0.2) is 20.7 Å². The van der Waals surface area contributed by atoms with Gasteiger partial charge in [-0.3, -0.25) is 0 Å². The third-order valence-electron chi connectivity index (χ3n) is 0.393. The third kappa shape index (κ3) is 3.16. The highest BCUT2D eigenvalue weighted by Gasteiger charge is 1.89. The SMILES string of the molecule is [B]NC(=O)OCC. The van der Waals surface area contributed by atoms with Gasteiger partial charge in [0, 0.05) is 0 Å². The summed E-state index contributed by atoms with van der Waals surface area (Å²) in [7, 11) is 4.63. The van der Waals surface area contributed by atoms with Gasteiger partial charge in [0.1, 0.15) is 0 Å². The number of nitrogens with one attached hydrogen (secondary N) is 1. The number of hydrogen-bond donors (Lipinski definition) is 1. The van der Waals surface area contributed by atoms with Gasteiger partial charge in [-0.25, -0.2) is 4.79 Å². The van der Waals surface area contributed by atoms with Crippen molar-refractivity contribution in [1.29, 1.82) is 0 Å². The van der Waals surface area contributed by atoms with Crippen molar-refractivity contribution in [2.24, 2.45) is 0 Å². The van der Waals surface area contributed by atoms with Crippen LogP contribution in [-0.2, 0) is 4.74 Å². The largest absolute Gasteiger partial charge is 0.451 e. The quantitative estimate of drug-likeness (QED) is 0.463. The molecule has 0 saturated heterocycles. The average molecular weight is 98.9 g/mol. The van der Waals surface area contributed by atoms with E-state index in [2.05, 4.69) is 12.7 Å². The third-order valence-corrected chi connectivity index (χ3v) is 0.393. The molecule has 0 aliphatic rings. The molecule has 0 aliphatic heterocycles. The van der Waals surface area contributed by atoms with Gasteiger partial charge in [0.15, 0.2) is 0 Å². The second kappa shape index (κ2) is 3.52. The second-order valence-electron chi connectivity index (χ2n) is 0.865. The van der Waals surface area contributed by atoms with Gasteiger partial charge in [-0.05, 0) is 6.92 Å². The van der Waals surface area contributed by atoms with Crippen molar-refractivity contribution in [3.63, 3.8) is 0 Å². The van der Waals surface area contributed by atoms with Crippen molar-refractivity contribution in [2.45, 2.75) is 6.92 Å². The van der Waals surface area contributed by atoms with E-state index in [4.69, 9.17) is 0 Å². The molecule has 0 aliphatic carbocycles. The number of amides is 1. The Morgan fingerprint density at radius 2 is 2.57 bits per heavy atom. The highest BCUT2D eigenvalue weighted by atomic mass is 16.5. The highest BCUT2D eigenvalue weighted by molar-refractivity contribution is 6.12. The first kappa shape index (κ1) is 6.33. The first-order valence-corrected chi connectivity index (χ1v) is 1.94. The molecule has 1 amide bonds. The van der Waals surface area contributed by atoms with Gasteiger partial charge in [-0.15, -0.1) is 0 Å². The smallest absolute Gasteiger partial charge is 0.394 e. The fraction of sp³-hybridized carbons (Fsp3) is 0.667. The molecular weight excluding hydrogens is 92.8 g/mol. The van der Waals surface area contributed by atoms with E-state index in [9.17, 15) is 4.79 Å². The zero-order valence-corrected chi connectivity index (χ0v) is 4.10. The topological polar surface area (TPSA) is 38.3 Å². The van der Waals surface area contributed by atoms with E-state index in [1.807, 2.05) is 0 Å². The van der Waals surface area contributed by atoms with Gasteiger partial charge in [0.2, 0.25) is 7.98 Å². The molecule has 0 atom stereocenters. The van der Waals surface area contributed by atoms with Gasteiger partial charge in [0.05, 0.1) is 6.61 Å². The van der Waals surface area contributed by atoms with Crippen molar-refractivity contribution >= 4 is 14.1 Å². The summed E-state index contributed by atoms with van der Waals surface area (Å²) in [5.41, 5.74) is 0. The zero-order valence-electron chi connectivity index (χ0n) is 4.10.